The first kappa shape index (κ1) is 13.3. The summed E-state index contributed by atoms with van der Waals surface area (Å²) < 4.78 is 5.98. The Kier molecular flexibility index (Phi) is 3.65. The van der Waals surface area contributed by atoms with Crippen LogP contribution in [0.25, 0.3) is 11.3 Å². The Morgan fingerprint density at radius 2 is 1.57 bits per heavy atom. The summed E-state index contributed by atoms with van der Waals surface area (Å²) in [5.74, 6) is 1.59. The normalized spacial score (nSPS) is 10.4. The molecule has 2 aromatic carbocycles. The van der Waals surface area contributed by atoms with E-state index in [0.717, 1.165) is 34.1 Å². The van der Waals surface area contributed by atoms with E-state index in [-0.39, 0.29) is 0 Å². The third kappa shape index (κ3) is 2.92. The van der Waals surface area contributed by atoms with E-state index >= 15 is 0 Å². The molecule has 0 aliphatic heterocycles. The molecule has 0 spiro atoms. The van der Waals surface area contributed by atoms with E-state index in [2.05, 4.69) is 9.97 Å². The summed E-state index contributed by atoms with van der Waals surface area (Å²) in [5, 5.41) is 0. The van der Waals surface area contributed by atoms with Crippen molar-refractivity contribution in [3.05, 3.63) is 72.2 Å². The van der Waals surface area contributed by atoms with E-state index in [0.29, 0.717) is 0 Å². The molecule has 1 aromatic heterocycles. The lowest BCUT2D eigenvalue weighted by atomic mass is 10.1. The molecule has 0 unspecified atom stereocenters. The van der Waals surface area contributed by atoms with Gasteiger partial charge in [-0.1, -0.05) is 30.3 Å². The standard InChI is InChI=1S/C18H16N2O/c1-13-12-19-18(14(2)20-13)16-10-6-7-11-17(16)21-15-8-4-3-5-9-15/h3-12H,1-2H3. The van der Waals surface area contributed by atoms with Gasteiger partial charge in [-0.2, -0.15) is 0 Å². The van der Waals surface area contributed by atoms with E-state index < -0.39 is 0 Å². The third-order valence-corrected chi connectivity index (χ3v) is 3.18. The lowest BCUT2D eigenvalue weighted by molar-refractivity contribution is 0.484. The summed E-state index contributed by atoms with van der Waals surface area (Å²) in [7, 11) is 0. The van der Waals surface area contributed by atoms with E-state index in [1.165, 1.54) is 0 Å². The van der Waals surface area contributed by atoms with Gasteiger partial charge in [-0.05, 0) is 38.1 Å². The smallest absolute Gasteiger partial charge is 0.136 e. The molecule has 0 aliphatic rings. The molecule has 3 nitrogen and oxygen atoms in total. The van der Waals surface area contributed by atoms with Crippen molar-refractivity contribution in [2.24, 2.45) is 0 Å². The molecule has 0 fully saturated rings. The molecular weight excluding hydrogens is 260 g/mol. The van der Waals surface area contributed by atoms with Gasteiger partial charge in [0.05, 0.1) is 17.1 Å². The zero-order valence-corrected chi connectivity index (χ0v) is 12.1. The van der Waals surface area contributed by atoms with Gasteiger partial charge in [-0.3, -0.25) is 9.97 Å². The van der Waals surface area contributed by atoms with Crippen LogP contribution in [0.15, 0.2) is 60.8 Å². The molecule has 3 heteroatoms. The summed E-state index contributed by atoms with van der Waals surface area (Å²) in [6.07, 6.45) is 1.78. The minimum absolute atomic E-state index is 0.782. The molecule has 0 radical (unpaired) electrons. The van der Waals surface area contributed by atoms with Crippen molar-refractivity contribution in [3.8, 4) is 22.8 Å². The zero-order chi connectivity index (χ0) is 14.7. The first-order valence-electron chi connectivity index (χ1n) is 6.86. The van der Waals surface area contributed by atoms with Crippen molar-refractivity contribution in [1.29, 1.82) is 0 Å². The summed E-state index contributed by atoms with van der Waals surface area (Å²) >= 11 is 0. The maximum Gasteiger partial charge on any atom is 0.136 e. The highest BCUT2D eigenvalue weighted by atomic mass is 16.5. The third-order valence-electron chi connectivity index (χ3n) is 3.18. The summed E-state index contributed by atoms with van der Waals surface area (Å²) in [6.45, 7) is 3.91. The number of ether oxygens (including phenoxy) is 1. The summed E-state index contributed by atoms with van der Waals surface area (Å²) in [4.78, 5) is 8.99. The van der Waals surface area contributed by atoms with Crippen LogP contribution in [0, 0.1) is 13.8 Å². The Morgan fingerprint density at radius 3 is 2.33 bits per heavy atom. The fourth-order valence-corrected chi connectivity index (χ4v) is 2.23. The number of benzene rings is 2. The second-order valence-corrected chi connectivity index (χ2v) is 4.86. The SMILES string of the molecule is Cc1cnc(-c2ccccc2Oc2ccccc2)c(C)n1. The van der Waals surface area contributed by atoms with Crippen LogP contribution in [-0.4, -0.2) is 9.97 Å². The summed E-state index contributed by atoms with van der Waals surface area (Å²) in [5.41, 5.74) is 3.62. The highest BCUT2D eigenvalue weighted by molar-refractivity contribution is 5.69. The Hall–Kier alpha value is -2.68. The Labute approximate surface area is 124 Å². The average molecular weight is 276 g/mol. The predicted molar refractivity (Wildman–Crippen MR) is 83.5 cm³/mol. The van der Waals surface area contributed by atoms with Crippen LogP contribution in [-0.2, 0) is 0 Å². The molecule has 21 heavy (non-hydrogen) atoms. The van der Waals surface area contributed by atoms with Crippen molar-refractivity contribution in [3.63, 3.8) is 0 Å². The molecule has 0 amide bonds. The lowest BCUT2D eigenvalue weighted by Gasteiger charge is -2.12. The second-order valence-electron chi connectivity index (χ2n) is 4.86. The van der Waals surface area contributed by atoms with Crippen LogP contribution in [0.4, 0.5) is 0 Å². The van der Waals surface area contributed by atoms with Gasteiger partial charge in [-0.25, -0.2) is 0 Å². The Morgan fingerprint density at radius 1 is 0.857 bits per heavy atom. The van der Waals surface area contributed by atoms with Crippen LogP contribution in [0.3, 0.4) is 0 Å². The van der Waals surface area contributed by atoms with Crippen molar-refractivity contribution < 1.29 is 4.74 Å². The van der Waals surface area contributed by atoms with Crippen LogP contribution in [0.5, 0.6) is 11.5 Å². The van der Waals surface area contributed by atoms with Gasteiger partial charge in [0.1, 0.15) is 11.5 Å². The van der Waals surface area contributed by atoms with Crippen molar-refractivity contribution >= 4 is 0 Å². The van der Waals surface area contributed by atoms with Crippen molar-refractivity contribution in [1.82, 2.24) is 9.97 Å². The van der Waals surface area contributed by atoms with Crippen LogP contribution < -0.4 is 4.74 Å². The quantitative estimate of drug-likeness (QED) is 0.703. The minimum Gasteiger partial charge on any atom is -0.457 e. The number of aromatic nitrogens is 2. The first-order valence-corrected chi connectivity index (χ1v) is 6.86. The van der Waals surface area contributed by atoms with Crippen LogP contribution >= 0.6 is 0 Å². The fourth-order valence-electron chi connectivity index (χ4n) is 2.23. The van der Waals surface area contributed by atoms with E-state index in [9.17, 15) is 0 Å². The number of nitrogens with zero attached hydrogens (tertiary/aromatic N) is 2. The number of para-hydroxylation sites is 2. The van der Waals surface area contributed by atoms with Gasteiger partial charge < -0.3 is 4.74 Å². The monoisotopic (exact) mass is 276 g/mol. The Bertz CT molecular complexity index is 754. The molecule has 0 atom stereocenters. The average Bonchev–Trinajstić information content (AvgIpc) is 2.49. The lowest BCUT2D eigenvalue weighted by Crippen LogP contribution is -1.96. The molecule has 104 valence electrons. The molecular formula is C18H16N2O. The topological polar surface area (TPSA) is 35.0 Å². The molecule has 1 heterocycles. The first-order chi connectivity index (χ1) is 10.2. The van der Waals surface area contributed by atoms with E-state index in [4.69, 9.17) is 4.74 Å². The van der Waals surface area contributed by atoms with Gasteiger partial charge in [0.25, 0.3) is 0 Å². The molecule has 0 bridgehead atoms. The summed E-state index contributed by atoms with van der Waals surface area (Å²) in [6, 6.07) is 17.6. The number of aryl methyl sites for hydroxylation is 2. The van der Waals surface area contributed by atoms with Crippen LogP contribution in [0.1, 0.15) is 11.4 Å². The van der Waals surface area contributed by atoms with Gasteiger partial charge >= 0.3 is 0 Å². The molecule has 0 aliphatic carbocycles. The number of hydrogen-bond donors (Lipinski definition) is 0. The van der Waals surface area contributed by atoms with Crippen molar-refractivity contribution in [2.75, 3.05) is 0 Å². The number of rotatable bonds is 3. The fraction of sp³-hybridized carbons (Fsp3) is 0.111. The number of hydrogen-bond acceptors (Lipinski definition) is 3. The second kappa shape index (κ2) is 5.75. The maximum atomic E-state index is 5.98. The van der Waals surface area contributed by atoms with Crippen molar-refractivity contribution in [2.45, 2.75) is 13.8 Å². The minimum atomic E-state index is 0.782. The molecule has 0 N–H and O–H groups in total. The highest BCUT2D eigenvalue weighted by Crippen LogP contribution is 2.33. The molecule has 0 saturated carbocycles. The molecule has 0 saturated heterocycles. The molecule has 3 aromatic rings. The molecule has 3 rings (SSSR count). The highest BCUT2D eigenvalue weighted by Gasteiger charge is 2.11. The predicted octanol–water partition coefficient (Wildman–Crippen LogP) is 4.55. The largest absolute Gasteiger partial charge is 0.457 e. The van der Waals surface area contributed by atoms with E-state index in [1.54, 1.807) is 6.20 Å². The van der Waals surface area contributed by atoms with Gasteiger partial charge in [0.15, 0.2) is 0 Å². The zero-order valence-electron chi connectivity index (χ0n) is 12.1. The van der Waals surface area contributed by atoms with E-state index in [1.807, 2.05) is 68.4 Å². The Balaban J connectivity index is 2.03. The van der Waals surface area contributed by atoms with Gasteiger partial charge in [-0.15, -0.1) is 0 Å². The maximum absolute atomic E-state index is 5.98. The van der Waals surface area contributed by atoms with Gasteiger partial charge in [0, 0.05) is 11.8 Å². The van der Waals surface area contributed by atoms with Crippen LogP contribution in [0.2, 0.25) is 0 Å². The van der Waals surface area contributed by atoms with Gasteiger partial charge in [0.2, 0.25) is 0 Å².